The van der Waals surface area contributed by atoms with Gasteiger partial charge in [0.25, 0.3) is 0 Å². The number of aryl methyl sites for hydroxylation is 1. The molecule has 0 atom stereocenters. The molecule has 0 saturated carbocycles. The monoisotopic (exact) mass is 361 g/mol. The second-order valence-corrected chi connectivity index (χ2v) is 6.51. The van der Waals surface area contributed by atoms with E-state index in [2.05, 4.69) is 5.32 Å². The van der Waals surface area contributed by atoms with Crippen molar-refractivity contribution in [2.45, 2.75) is 27.2 Å². The second kappa shape index (κ2) is 8.58. The van der Waals surface area contributed by atoms with Crippen LogP contribution in [0.1, 0.15) is 40.2 Å². The van der Waals surface area contributed by atoms with Crippen molar-refractivity contribution >= 4 is 34.3 Å². The highest BCUT2D eigenvalue weighted by molar-refractivity contribution is 7.16. The summed E-state index contributed by atoms with van der Waals surface area (Å²) < 4.78 is 18.0. The quantitative estimate of drug-likeness (QED) is 0.605. The number of amides is 1. The number of benzene rings is 1. The van der Waals surface area contributed by atoms with Gasteiger partial charge in [0.15, 0.2) is 0 Å². The van der Waals surface area contributed by atoms with Crippen molar-refractivity contribution in [3.05, 3.63) is 57.7 Å². The number of anilines is 1. The fourth-order valence-electron chi connectivity index (χ4n) is 2.41. The molecule has 2 aromatic rings. The van der Waals surface area contributed by atoms with E-state index in [1.165, 1.54) is 29.5 Å². The first kappa shape index (κ1) is 18.9. The van der Waals surface area contributed by atoms with Crippen LogP contribution in [0.4, 0.5) is 9.39 Å². The van der Waals surface area contributed by atoms with Crippen molar-refractivity contribution in [1.29, 1.82) is 0 Å². The lowest BCUT2D eigenvalue weighted by Gasteiger charge is -2.06. The van der Waals surface area contributed by atoms with Crippen LogP contribution < -0.4 is 5.32 Å². The molecule has 2 rings (SSSR count). The fourth-order valence-corrected chi connectivity index (χ4v) is 3.55. The van der Waals surface area contributed by atoms with E-state index >= 15 is 0 Å². The number of halogens is 1. The molecule has 0 fully saturated rings. The van der Waals surface area contributed by atoms with Gasteiger partial charge in [-0.1, -0.05) is 19.1 Å². The first-order valence-corrected chi connectivity index (χ1v) is 8.81. The molecule has 0 aliphatic rings. The van der Waals surface area contributed by atoms with Crippen molar-refractivity contribution in [2.75, 3.05) is 11.9 Å². The molecule has 0 radical (unpaired) electrons. The maximum absolute atomic E-state index is 12.9. The highest BCUT2D eigenvalue weighted by Crippen LogP contribution is 2.34. The van der Waals surface area contributed by atoms with Gasteiger partial charge in [-0.05, 0) is 49.6 Å². The smallest absolute Gasteiger partial charge is 0.341 e. The number of ether oxygens (including phenoxy) is 1. The predicted molar refractivity (Wildman–Crippen MR) is 98.5 cm³/mol. The number of hydrogen-bond donors (Lipinski definition) is 1. The third kappa shape index (κ3) is 4.76. The van der Waals surface area contributed by atoms with Gasteiger partial charge in [0.05, 0.1) is 12.2 Å². The minimum Gasteiger partial charge on any atom is -0.462 e. The average molecular weight is 361 g/mol. The van der Waals surface area contributed by atoms with Gasteiger partial charge < -0.3 is 10.1 Å². The molecule has 0 unspecified atom stereocenters. The van der Waals surface area contributed by atoms with Crippen molar-refractivity contribution in [3.63, 3.8) is 0 Å². The third-order valence-electron chi connectivity index (χ3n) is 3.58. The molecule has 25 heavy (non-hydrogen) atoms. The van der Waals surface area contributed by atoms with Gasteiger partial charge in [-0.2, -0.15) is 0 Å². The van der Waals surface area contributed by atoms with Crippen molar-refractivity contribution in [1.82, 2.24) is 0 Å². The molecule has 4 nitrogen and oxygen atoms in total. The minimum atomic E-state index is -0.429. The van der Waals surface area contributed by atoms with Gasteiger partial charge in [-0.3, -0.25) is 4.79 Å². The molecule has 0 saturated heterocycles. The first-order chi connectivity index (χ1) is 12.0. The summed E-state index contributed by atoms with van der Waals surface area (Å²) in [5.41, 5.74) is 2.02. The molecular weight excluding hydrogens is 341 g/mol. The third-order valence-corrected chi connectivity index (χ3v) is 4.64. The predicted octanol–water partition coefficient (Wildman–Crippen LogP) is 4.59. The molecule has 6 heteroatoms. The Balaban J connectivity index is 2.19. The lowest BCUT2D eigenvalue weighted by atomic mass is 10.1. The van der Waals surface area contributed by atoms with E-state index in [-0.39, 0.29) is 18.3 Å². The molecule has 0 aliphatic carbocycles. The molecule has 1 amide bonds. The van der Waals surface area contributed by atoms with Gasteiger partial charge in [-0.25, -0.2) is 9.18 Å². The molecule has 0 spiro atoms. The Morgan fingerprint density at radius 2 is 1.92 bits per heavy atom. The Bertz CT molecular complexity index is 794. The summed E-state index contributed by atoms with van der Waals surface area (Å²) in [6.07, 6.45) is 3.61. The van der Waals surface area contributed by atoms with Crippen molar-refractivity contribution < 1.29 is 18.7 Å². The van der Waals surface area contributed by atoms with Gasteiger partial charge in [0, 0.05) is 11.0 Å². The zero-order chi connectivity index (χ0) is 18.4. The molecule has 1 heterocycles. The Kier molecular flexibility index (Phi) is 6.47. The Labute approximate surface area is 150 Å². The van der Waals surface area contributed by atoms with Crippen LogP contribution in [0, 0.1) is 12.7 Å². The van der Waals surface area contributed by atoms with Crippen molar-refractivity contribution in [3.8, 4) is 0 Å². The summed E-state index contributed by atoms with van der Waals surface area (Å²) >= 11 is 1.36. The number of rotatable bonds is 6. The van der Waals surface area contributed by atoms with Crippen LogP contribution in [0.5, 0.6) is 0 Å². The van der Waals surface area contributed by atoms with E-state index in [9.17, 15) is 14.0 Å². The molecule has 1 aromatic carbocycles. The van der Waals surface area contributed by atoms with Crippen LogP contribution in [0.3, 0.4) is 0 Å². The zero-order valence-corrected chi connectivity index (χ0v) is 15.2. The van der Waals surface area contributed by atoms with Crippen LogP contribution in [0.2, 0.25) is 0 Å². The maximum atomic E-state index is 12.9. The largest absolute Gasteiger partial charge is 0.462 e. The summed E-state index contributed by atoms with van der Waals surface area (Å²) in [5, 5.41) is 3.23. The lowest BCUT2D eigenvalue weighted by Crippen LogP contribution is -2.13. The molecular formula is C19H20FNO3S. The SMILES string of the molecule is CCOC(=O)c1c(NC(=O)/C=C/c2ccc(F)cc2)sc(C)c1CC. The normalized spacial score (nSPS) is 10.9. The van der Waals surface area contributed by atoms with Crippen LogP contribution in [-0.4, -0.2) is 18.5 Å². The summed E-state index contributed by atoms with van der Waals surface area (Å²) in [6.45, 7) is 5.88. The van der Waals surface area contributed by atoms with Crippen LogP contribution in [-0.2, 0) is 16.0 Å². The highest BCUT2D eigenvalue weighted by atomic mass is 32.1. The minimum absolute atomic E-state index is 0.273. The van der Waals surface area contributed by atoms with Crippen LogP contribution >= 0.6 is 11.3 Å². The number of thiophene rings is 1. The van der Waals surface area contributed by atoms with Gasteiger partial charge in [0.2, 0.25) is 5.91 Å². The number of nitrogens with one attached hydrogen (secondary N) is 1. The summed E-state index contributed by atoms with van der Waals surface area (Å²) in [6, 6.07) is 5.81. The lowest BCUT2D eigenvalue weighted by molar-refractivity contribution is -0.111. The number of carbonyl (C=O) groups is 2. The van der Waals surface area contributed by atoms with Gasteiger partial charge >= 0.3 is 5.97 Å². The first-order valence-electron chi connectivity index (χ1n) is 8.00. The van der Waals surface area contributed by atoms with E-state index in [0.29, 0.717) is 22.5 Å². The van der Waals surface area contributed by atoms with Crippen molar-refractivity contribution in [2.24, 2.45) is 0 Å². The Hall–Kier alpha value is -2.47. The van der Waals surface area contributed by atoms with E-state index in [1.807, 2.05) is 13.8 Å². The summed E-state index contributed by atoms with van der Waals surface area (Å²) in [5.74, 6) is -1.12. The summed E-state index contributed by atoms with van der Waals surface area (Å²) in [7, 11) is 0. The molecule has 132 valence electrons. The van der Waals surface area contributed by atoms with E-state index < -0.39 is 5.97 Å². The van der Waals surface area contributed by atoms with Gasteiger partial charge in [-0.15, -0.1) is 11.3 Å². The standard InChI is InChI=1S/C19H20FNO3S/c1-4-15-12(3)25-18(17(15)19(23)24-5-2)21-16(22)11-8-13-6-9-14(20)10-7-13/h6-11H,4-5H2,1-3H3,(H,21,22)/b11-8+. The van der Waals surface area contributed by atoms with Crippen LogP contribution in [0.25, 0.3) is 6.08 Å². The number of esters is 1. The Morgan fingerprint density at radius 3 is 2.52 bits per heavy atom. The average Bonchev–Trinajstić information content (AvgIpc) is 2.89. The summed E-state index contributed by atoms with van der Waals surface area (Å²) in [4.78, 5) is 25.4. The topological polar surface area (TPSA) is 55.4 Å². The number of hydrogen-bond acceptors (Lipinski definition) is 4. The van der Waals surface area contributed by atoms with E-state index in [0.717, 1.165) is 10.4 Å². The molecule has 0 aliphatic heterocycles. The fraction of sp³-hybridized carbons (Fsp3) is 0.263. The van der Waals surface area contributed by atoms with E-state index in [1.54, 1.807) is 25.1 Å². The highest BCUT2D eigenvalue weighted by Gasteiger charge is 2.22. The Morgan fingerprint density at radius 1 is 1.24 bits per heavy atom. The van der Waals surface area contributed by atoms with Gasteiger partial charge in [0.1, 0.15) is 10.8 Å². The van der Waals surface area contributed by atoms with Crippen LogP contribution in [0.15, 0.2) is 30.3 Å². The van der Waals surface area contributed by atoms with E-state index in [4.69, 9.17) is 4.74 Å². The zero-order valence-electron chi connectivity index (χ0n) is 14.4. The molecule has 1 N–H and O–H groups in total. The molecule has 0 bridgehead atoms. The number of carbonyl (C=O) groups excluding carboxylic acids is 2. The maximum Gasteiger partial charge on any atom is 0.341 e. The molecule has 1 aromatic heterocycles. The second-order valence-electron chi connectivity index (χ2n) is 5.29.